The number of nitrogens with zero attached hydrogens (tertiary/aromatic N) is 6. The number of rotatable bonds is 7. The van der Waals surface area contributed by atoms with Crippen molar-refractivity contribution < 1.29 is 9.59 Å². The molecule has 4 aromatic rings. The second kappa shape index (κ2) is 10.1. The van der Waals surface area contributed by atoms with Crippen LogP contribution in [0.4, 0.5) is 5.69 Å². The van der Waals surface area contributed by atoms with Crippen LogP contribution in [0.2, 0.25) is 0 Å². The number of aromatic nitrogens is 5. The summed E-state index contributed by atoms with van der Waals surface area (Å²) in [6, 6.07) is 13.8. The lowest BCUT2D eigenvalue weighted by Crippen LogP contribution is -2.50. The van der Waals surface area contributed by atoms with Gasteiger partial charge < -0.3 is 5.32 Å². The first-order chi connectivity index (χ1) is 16.7. The van der Waals surface area contributed by atoms with E-state index in [0.717, 1.165) is 10.4 Å². The van der Waals surface area contributed by atoms with E-state index in [2.05, 4.69) is 25.7 Å². The number of carbonyl (C=O) groups is 2. The van der Waals surface area contributed by atoms with Gasteiger partial charge in [-0.05, 0) is 73.7 Å². The number of carbonyl (C=O) groups excluding carboxylic acids is 2. The average molecular weight is 490 g/mol. The fourth-order valence-corrected chi connectivity index (χ4v) is 4.31. The second-order valence-corrected chi connectivity index (χ2v) is 10.0. The highest BCUT2D eigenvalue weighted by Crippen LogP contribution is 2.31. The van der Waals surface area contributed by atoms with Crippen molar-refractivity contribution >= 4 is 28.8 Å². The molecular formula is C25H27N7O2S. The number of anilines is 1. The van der Waals surface area contributed by atoms with Crippen molar-refractivity contribution in [3.05, 3.63) is 77.4 Å². The van der Waals surface area contributed by atoms with Crippen molar-refractivity contribution in [1.29, 1.82) is 0 Å². The van der Waals surface area contributed by atoms with Crippen molar-refractivity contribution in [2.24, 2.45) is 0 Å². The lowest BCUT2D eigenvalue weighted by atomic mass is 10.0. The van der Waals surface area contributed by atoms with E-state index >= 15 is 0 Å². The Balaban J connectivity index is 1.75. The Labute approximate surface area is 207 Å². The highest BCUT2D eigenvalue weighted by atomic mass is 32.1. The highest BCUT2D eigenvalue weighted by molar-refractivity contribution is 7.13. The van der Waals surface area contributed by atoms with Gasteiger partial charge in [-0.3, -0.25) is 19.5 Å². The van der Waals surface area contributed by atoms with Crippen molar-refractivity contribution in [3.8, 4) is 10.7 Å². The zero-order chi connectivity index (χ0) is 25.0. The maximum Gasteiger partial charge on any atom is 0.251 e. The summed E-state index contributed by atoms with van der Waals surface area (Å²) in [7, 11) is 0. The minimum absolute atomic E-state index is 0.183. The third kappa shape index (κ3) is 5.78. The molecule has 0 aliphatic heterocycles. The van der Waals surface area contributed by atoms with Crippen LogP contribution >= 0.6 is 11.3 Å². The maximum absolute atomic E-state index is 13.9. The number of tetrazole rings is 1. The number of thiophene rings is 1. The van der Waals surface area contributed by atoms with Crippen molar-refractivity contribution in [3.63, 3.8) is 0 Å². The van der Waals surface area contributed by atoms with Gasteiger partial charge in [-0.1, -0.05) is 24.3 Å². The predicted octanol–water partition coefficient (Wildman–Crippen LogP) is 3.79. The summed E-state index contributed by atoms with van der Waals surface area (Å²) in [5, 5.41) is 17.5. The van der Waals surface area contributed by atoms with Gasteiger partial charge in [0.1, 0.15) is 12.6 Å². The lowest BCUT2D eigenvalue weighted by molar-refractivity contribution is -0.128. The highest BCUT2D eigenvalue weighted by Gasteiger charge is 2.35. The van der Waals surface area contributed by atoms with Crippen LogP contribution in [0.1, 0.15) is 37.9 Å². The first-order valence-electron chi connectivity index (χ1n) is 11.1. The zero-order valence-corrected chi connectivity index (χ0v) is 20.9. The van der Waals surface area contributed by atoms with E-state index < -0.39 is 11.6 Å². The quantitative estimate of drug-likeness (QED) is 0.423. The van der Waals surface area contributed by atoms with Crippen molar-refractivity contribution in [2.75, 3.05) is 4.90 Å². The summed E-state index contributed by atoms with van der Waals surface area (Å²) < 4.78 is 0. The van der Waals surface area contributed by atoms with E-state index in [4.69, 9.17) is 0 Å². The van der Waals surface area contributed by atoms with E-state index in [-0.39, 0.29) is 18.4 Å². The van der Waals surface area contributed by atoms with Crippen LogP contribution in [0, 0.1) is 6.92 Å². The molecule has 0 aliphatic rings. The number of benzene rings is 1. The van der Waals surface area contributed by atoms with Crippen LogP contribution < -0.4 is 10.2 Å². The number of amides is 2. The lowest BCUT2D eigenvalue weighted by Gasteiger charge is -2.34. The molecule has 180 valence electrons. The fourth-order valence-electron chi connectivity index (χ4n) is 3.66. The van der Waals surface area contributed by atoms with E-state index in [1.54, 1.807) is 24.5 Å². The minimum atomic E-state index is -0.925. The summed E-state index contributed by atoms with van der Waals surface area (Å²) in [6.45, 7) is 7.43. The number of para-hydroxylation sites is 1. The largest absolute Gasteiger partial charge is 0.349 e. The number of nitrogens with one attached hydrogen (secondary N) is 1. The summed E-state index contributed by atoms with van der Waals surface area (Å²) in [6.07, 6.45) is 3.22. The number of aryl methyl sites for hydroxylation is 1. The molecule has 1 N–H and O–H groups in total. The van der Waals surface area contributed by atoms with Crippen LogP contribution in [-0.4, -0.2) is 42.5 Å². The third-order valence-electron chi connectivity index (χ3n) is 5.14. The van der Waals surface area contributed by atoms with E-state index in [9.17, 15) is 9.59 Å². The van der Waals surface area contributed by atoms with Gasteiger partial charge >= 0.3 is 0 Å². The standard InChI is InChI=1S/C25H27N7O2S/c1-17-8-5-6-9-19(17)32(21(33)16-31-29-23(28-30-31)20-10-7-15-35-20)22(18-11-13-26-14-12-18)24(34)27-25(2,3)4/h5-15,22H,16H2,1-4H3,(H,27,34). The predicted molar refractivity (Wildman–Crippen MR) is 135 cm³/mol. The molecule has 0 bridgehead atoms. The number of hydrogen-bond acceptors (Lipinski definition) is 7. The second-order valence-electron chi connectivity index (χ2n) is 9.09. The fraction of sp³-hybridized carbons (Fsp3) is 0.280. The molecule has 0 radical (unpaired) electrons. The smallest absolute Gasteiger partial charge is 0.251 e. The molecule has 0 aliphatic carbocycles. The summed E-state index contributed by atoms with van der Waals surface area (Å²) in [5.74, 6) is -0.196. The van der Waals surface area contributed by atoms with E-state index in [0.29, 0.717) is 17.1 Å². The molecule has 35 heavy (non-hydrogen) atoms. The van der Waals surface area contributed by atoms with Gasteiger partial charge in [-0.2, -0.15) is 4.80 Å². The van der Waals surface area contributed by atoms with Gasteiger partial charge in [0.25, 0.3) is 5.91 Å². The first kappa shape index (κ1) is 24.2. The summed E-state index contributed by atoms with van der Waals surface area (Å²) in [5.41, 5.74) is 1.63. The Bertz CT molecular complexity index is 1300. The van der Waals surface area contributed by atoms with Crippen LogP contribution in [-0.2, 0) is 16.1 Å². The molecular weight excluding hydrogens is 462 g/mol. The topological polar surface area (TPSA) is 106 Å². The number of hydrogen-bond donors (Lipinski definition) is 1. The molecule has 0 saturated heterocycles. The van der Waals surface area contributed by atoms with Gasteiger partial charge in [0.15, 0.2) is 0 Å². The summed E-state index contributed by atoms with van der Waals surface area (Å²) >= 11 is 1.49. The van der Waals surface area contributed by atoms with E-state index in [1.165, 1.54) is 21.0 Å². The van der Waals surface area contributed by atoms with Crippen molar-refractivity contribution in [2.45, 2.75) is 45.8 Å². The van der Waals surface area contributed by atoms with Gasteiger partial charge in [0, 0.05) is 23.6 Å². The molecule has 2 amide bonds. The molecule has 9 nitrogen and oxygen atoms in total. The SMILES string of the molecule is Cc1ccccc1N(C(=O)Cn1nnc(-c2cccs2)n1)C(C(=O)NC(C)(C)C)c1ccncc1. The molecule has 3 aromatic heterocycles. The van der Waals surface area contributed by atoms with Crippen LogP contribution in [0.15, 0.2) is 66.3 Å². The molecule has 1 aromatic carbocycles. The van der Waals surface area contributed by atoms with Gasteiger partial charge in [0.05, 0.1) is 4.88 Å². The van der Waals surface area contributed by atoms with Crippen LogP contribution in [0.3, 0.4) is 0 Å². The normalized spacial score (nSPS) is 12.2. The Morgan fingerprint density at radius 1 is 1.09 bits per heavy atom. The Kier molecular flexibility index (Phi) is 7.02. The minimum Gasteiger partial charge on any atom is -0.349 e. The van der Waals surface area contributed by atoms with Crippen molar-refractivity contribution in [1.82, 2.24) is 30.5 Å². The van der Waals surface area contributed by atoms with Gasteiger partial charge in [-0.15, -0.1) is 21.5 Å². The third-order valence-corrected chi connectivity index (χ3v) is 6.01. The molecule has 0 saturated carbocycles. The Morgan fingerprint density at radius 2 is 1.83 bits per heavy atom. The van der Waals surface area contributed by atoms with Crippen LogP contribution in [0.25, 0.3) is 10.7 Å². The summed E-state index contributed by atoms with van der Waals surface area (Å²) in [4.78, 5) is 35.2. The molecule has 0 spiro atoms. The molecule has 4 rings (SSSR count). The average Bonchev–Trinajstić information content (AvgIpc) is 3.49. The molecule has 3 heterocycles. The zero-order valence-electron chi connectivity index (χ0n) is 20.0. The number of pyridine rings is 1. The Morgan fingerprint density at radius 3 is 2.49 bits per heavy atom. The van der Waals surface area contributed by atoms with Gasteiger partial charge in [-0.25, -0.2) is 0 Å². The molecule has 1 unspecified atom stereocenters. The Hall–Kier alpha value is -3.92. The molecule has 0 fully saturated rings. The molecule has 1 atom stereocenters. The maximum atomic E-state index is 13.9. The van der Waals surface area contributed by atoms with Crippen LogP contribution in [0.5, 0.6) is 0 Å². The van der Waals surface area contributed by atoms with Gasteiger partial charge in [0.2, 0.25) is 11.7 Å². The monoisotopic (exact) mass is 489 g/mol. The molecule has 10 heteroatoms. The van der Waals surface area contributed by atoms with E-state index in [1.807, 2.05) is 69.5 Å². The first-order valence-corrected chi connectivity index (χ1v) is 12.0.